The maximum absolute atomic E-state index is 9.21. The summed E-state index contributed by atoms with van der Waals surface area (Å²) in [5.41, 5.74) is 4.16. The molecule has 0 radical (unpaired) electrons. The molecule has 2 aromatic rings. The van der Waals surface area contributed by atoms with Gasteiger partial charge in [0.1, 0.15) is 0 Å². The van der Waals surface area contributed by atoms with Crippen molar-refractivity contribution in [1.82, 2.24) is 0 Å². The van der Waals surface area contributed by atoms with Gasteiger partial charge >= 0.3 is 0 Å². The van der Waals surface area contributed by atoms with Crippen LogP contribution in [0.2, 0.25) is 0 Å². The number of aliphatic hydroxyl groups is 2. The molecule has 2 N–H and O–H groups in total. The molecule has 0 aromatic heterocycles. The van der Waals surface area contributed by atoms with Gasteiger partial charge < -0.3 is 10.2 Å². The smallest absolute Gasteiger partial charge is 0.0684 e. The molecule has 84 valence electrons. The van der Waals surface area contributed by atoms with Crippen molar-refractivity contribution in [2.24, 2.45) is 0 Å². The normalized spacial score (nSPS) is 11.0. The van der Waals surface area contributed by atoms with Gasteiger partial charge in [-0.25, -0.2) is 0 Å². The minimum Gasteiger partial charge on any atom is -0.392 e. The Morgan fingerprint density at radius 3 is 1.44 bits per heavy atom. The zero-order chi connectivity index (χ0) is 11.7. The van der Waals surface area contributed by atoms with Crippen LogP contribution < -0.4 is 0 Å². The van der Waals surface area contributed by atoms with Gasteiger partial charge in [-0.1, -0.05) is 24.3 Å². The quantitative estimate of drug-likeness (QED) is 0.809. The molecule has 0 atom stereocenters. The molecule has 2 nitrogen and oxygen atoms in total. The molecular weight excluding hydrogens is 200 g/mol. The fourth-order valence-corrected chi connectivity index (χ4v) is 2.14. The zero-order valence-electron chi connectivity index (χ0n) is 9.62. The van der Waals surface area contributed by atoms with Gasteiger partial charge in [0, 0.05) is 0 Å². The molecule has 0 aliphatic heterocycles. The molecule has 0 heterocycles. The molecule has 0 saturated carbocycles. The lowest BCUT2D eigenvalue weighted by atomic mass is 9.95. The molecule has 0 spiro atoms. The number of aryl methyl sites for hydroxylation is 2. The van der Waals surface area contributed by atoms with Crippen LogP contribution in [0.4, 0.5) is 0 Å². The SMILES string of the molecule is Cc1c(CO)ccc2c(C)c(CO)ccc12. The number of fused-ring (bicyclic) bond motifs is 1. The average molecular weight is 216 g/mol. The summed E-state index contributed by atoms with van der Waals surface area (Å²) in [7, 11) is 0. The van der Waals surface area contributed by atoms with Crippen molar-refractivity contribution in [2.45, 2.75) is 27.1 Å². The molecule has 2 rings (SSSR count). The molecular formula is C14H16O2. The van der Waals surface area contributed by atoms with E-state index in [9.17, 15) is 10.2 Å². The highest BCUT2D eigenvalue weighted by Gasteiger charge is 2.07. The molecule has 0 aliphatic rings. The van der Waals surface area contributed by atoms with Crippen molar-refractivity contribution >= 4 is 10.8 Å². The highest BCUT2D eigenvalue weighted by molar-refractivity contribution is 5.90. The largest absolute Gasteiger partial charge is 0.392 e. The van der Waals surface area contributed by atoms with Crippen LogP contribution in [0, 0.1) is 13.8 Å². The standard InChI is InChI=1S/C14H16O2/c1-9-11(7-15)3-6-14-10(2)12(8-16)4-5-13(9)14/h3-6,15-16H,7-8H2,1-2H3. The molecule has 16 heavy (non-hydrogen) atoms. The van der Waals surface area contributed by atoms with E-state index < -0.39 is 0 Å². The molecule has 0 amide bonds. The van der Waals surface area contributed by atoms with E-state index in [1.54, 1.807) is 0 Å². The molecule has 0 unspecified atom stereocenters. The summed E-state index contributed by atoms with van der Waals surface area (Å²) in [5, 5.41) is 20.7. The Bertz CT molecular complexity index is 480. The first kappa shape index (κ1) is 11.1. The fourth-order valence-electron chi connectivity index (χ4n) is 2.14. The van der Waals surface area contributed by atoms with Crippen LogP contribution in [0.5, 0.6) is 0 Å². The van der Waals surface area contributed by atoms with E-state index in [-0.39, 0.29) is 13.2 Å². The first-order valence-electron chi connectivity index (χ1n) is 5.41. The topological polar surface area (TPSA) is 40.5 Å². The Kier molecular flexibility index (Phi) is 2.95. The van der Waals surface area contributed by atoms with Crippen LogP contribution in [0.1, 0.15) is 22.3 Å². The summed E-state index contributed by atoms with van der Waals surface area (Å²) < 4.78 is 0. The summed E-state index contributed by atoms with van der Waals surface area (Å²) >= 11 is 0. The lowest BCUT2D eigenvalue weighted by Gasteiger charge is -2.11. The number of aliphatic hydroxyl groups excluding tert-OH is 2. The summed E-state index contributed by atoms with van der Waals surface area (Å²) in [6, 6.07) is 7.93. The van der Waals surface area contributed by atoms with Crippen LogP contribution in [0.3, 0.4) is 0 Å². The monoisotopic (exact) mass is 216 g/mol. The van der Waals surface area contributed by atoms with E-state index in [1.807, 2.05) is 38.1 Å². The predicted octanol–water partition coefficient (Wildman–Crippen LogP) is 2.44. The molecule has 0 saturated heterocycles. The highest BCUT2D eigenvalue weighted by Crippen LogP contribution is 2.26. The summed E-state index contributed by atoms with van der Waals surface area (Å²) in [5.74, 6) is 0. The van der Waals surface area contributed by atoms with Gasteiger partial charge in [-0.05, 0) is 46.9 Å². The van der Waals surface area contributed by atoms with E-state index in [4.69, 9.17) is 0 Å². The molecule has 2 heteroatoms. The second-order valence-corrected chi connectivity index (χ2v) is 4.11. The summed E-state index contributed by atoms with van der Waals surface area (Å²) in [4.78, 5) is 0. The van der Waals surface area contributed by atoms with Gasteiger partial charge in [0.2, 0.25) is 0 Å². The summed E-state index contributed by atoms with van der Waals surface area (Å²) in [6.45, 7) is 4.18. The Labute approximate surface area is 95.2 Å². The maximum atomic E-state index is 9.21. The number of benzene rings is 2. The second-order valence-electron chi connectivity index (χ2n) is 4.11. The van der Waals surface area contributed by atoms with Crippen LogP contribution in [0.25, 0.3) is 10.8 Å². The lowest BCUT2D eigenvalue weighted by molar-refractivity contribution is 0.280. The first-order chi connectivity index (χ1) is 7.69. The van der Waals surface area contributed by atoms with Crippen molar-refractivity contribution in [1.29, 1.82) is 0 Å². The first-order valence-corrected chi connectivity index (χ1v) is 5.41. The van der Waals surface area contributed by atoms with Gasteiger partial charge in [-0.15, -0.1) is 0 Å². The van der Waals surface area contributed by atoms with E-state index >= 15 is 0 Å². The van der Waals surface area contributed by atoms with Gasteiger partial charge in [-0.2, -0.15) is 0 Å². The Morgan fingerprint density at radius 1 is 0.750 bits per heavy atom. The Balaban J connectivity index is 2.78. The van der Waals surface area contributed by atoms with E-state index in [2.05, 4.69) is 0 Å². The second kappa shape index (κ2) is 4.24. The average Bonchev–Trinajstić information content (AvgIpc) is 2.31. The van der Waals surface area contributed by atoms with Gasteiger partial charge in [0.05, 0.1) is 13.2 Å². The van der Waals surface area contributed by atoms with E-state index in [0.717, 1.165) is 33.0 Å². The van der Waals surface area contributed by atoms with Gasteiger partial charge in [0.15, 0.2) is 0 Å². The highest BCUT2D eigenvalue weighted by atomic mass is 16.3. The minimum atomic E-state index is 0.0720. The number of rotatable bonds is 2. The summed E-state index contributed by atoms with van der Waals surface area (Å²) in [6.07, 6.45) is 0. The van der Waals surface area contributed by atoms with Gasteiger partial charge in [0.25, 0.3) is 0 Å². The van der Waals surface area contributed by atoms with Crippen LogP contribution in [-0.2, 0) is 13.2 Å². The molecule has 0 bridgehead atoms. The third-order valence-electron chi connectivity index (χ3n) is 3.30. The van der Waals surface area contributed by atoms with Crippen molar-refractivity contribution in [2.75, 3.05) is 0 Å². The molecule has 0 fully saturated rings. The number of hydrogen-bond acceptors (Lipinski definition) is 2. The minimum absolute atomic E-state index is 0.0720. The maximum Gasteiger partial charge on any atom is 0.0684 e. The van der Waals surface area contributed by atoms with E-state index in [1.165, 1.54) is 0 Å². The van der Waals surface area contributed by atoms with Crippen molar-refractivity contribution in [3.63, 3.8) is 0 Å². The zero-order valence-corrected chi connectivity index (χ0v) is 9.62. The van der Waals surface area contributed by atoms with Crippen molar-refractivity contribution in [3.05, 3.63) is 46.5 Å². The van der Waals surface area contributed by atoms with E-state index in [0.29, 0.717) is 0 Å². The van der Waals surface area contributed by atoms with Crippen LogP contribution in [-0.4, -0.2) is 10.2 Å². The third-order valence-corrected chi connectivity index (χ3v) is 3.30. The molecule has 0 aliphatic carbocycles. The lowest BCUT2D eigenvalue weighted by Crippen LogP contribution is -1.94. The third kappa shape index (κ3) is 1.60. The van der Waals surface area contributed by atoms with Gasteiger partial charge in [-0.3, -0.25) is 0 Å². The fraction of sp³-hybridized carbons (Fsp3) is 0.286. The predicted molar refractivity (Wildman–Crippen MR) is 65.3 cm³/mol. The van der Waals surface area contributed by atoms with Crippen LogP contribution in [0.15, 0.2) is 24.3 Å². The Morgan fingerprint density at radius 2 is 1.12 bits per heavy atom. The Hall–Kier alpha value is -1.38. The number of hydrogen-bond donors (Lipinski definition) is 2. The van der Waals surface area contributed by atoms with Crippen molar-refractivity contribution < 1.29 is 10.2 Å². The molecule has 2 aromatic carbocycles. The van der Waals surface area contributed by atoms with Crippen molar-refractivity contribution in [3.8, 4) is 0 Å². The van der Waals surface area contributed by atoms with Crippen LogP contribution >= 0.6 is 0 Å².